The molecule has 0 aliphatic carbocycles. The zero-order valence-corrected chi connectivity index (χ0v) is 28.8. The second-order valence-electron chi connectivity index (χ2n) is 11.3. The van der Waals surface area contributed by atoms with Gasteiger partial charge < -0.3 is 19.5 Å². The van der Waals surface area contributed by atoms with Gasteiger partial charge in [0.25, 0.3) is 11.5 Å². The molecule has 5 rings (SSSR count). The van der Waals surface area contributed by atoms with Gasteiger partial charge in [0.15, 0.2) is 23.9 Å². The molecule has 4 aromatic carbocycles. The molecule has 0 aliphatic rings. The molecule has 9 nitrogen and oxygen atoms in total. The molecule has 5 aromatic rings. The fourth-order valence-corrected chi connectivity index (χ4v) is 5.70. The van der Waals surface area contributed by atoms with Crippen molar-refractivity contribution in [1.29, 1.82) is 0 Å². The van der Waals surface area contributed by atoms with E-state index in [0.29, 0.717) is 50.6 Å². The summed E-state index contributed by atoms with van der Waals surface area (Å²) < 4.78 is 19.3. The molecule has 0 saturated heterocycles. The largest absolute Gasteiger partial charge is 0.494 e. The first-order chi connectivity index (χ1) is 22.6. The Labute approximate surface area is 282 Å². The molecule has 0 fully saturated rings. The standard InChI is InChI=1S/C37H37BrN4O5/c1-7-46-32-16-24(5)29(19-28(32)22(2)3)36-41-31-11-9-8-10-27(31)37(44)42(36)39-20-25-17-30(38)35(33(18-25)45-6)47-21-34(43)40-26-14-12-23(4)13-15-26/h8-20,22H,7,21H2,1-6H3,(H,40,43). The van der Waals surface area contributed by atoms with Crippen molar-refractivity contribution in [3.05, 3.63) is 110 Å². The van der Waals surface area contributed by atoms with E-state index in [0.717, 1.165) is 28.0 Å². The second-order valence-corrected chi connectivity index (χ2v) is 12.2. The van der Waals surface area contributed by atoms with Crippen molar-refractivity contribution in [2.24, 2.45) is 5.10 Å². The number of aromatic nitrogens is 2. The normalized spacial score (nSPS) is 11.3. The molecule has 0 spiro atoms. The number of para-hydroxylation sites is 1. The van der Waals surface area contributed by atoms with Gasteiger partial charge in [0.05, 0.1) is 35.3 Å². The van der Waals surface area contributed by atoms with E-state index in [4.69, 9.17) is 19.2 Å². The van der Waals surface area contributed by atoms with E-state index in [2.05, 4.69) is 40.2 Å². The van der Waals surface area contributed by atoms with Crippen LogP contribution in [0.2, 0.25) is 0 Å². The SMILES string of the molecule is CCOc1cc(C)c(-c2nc3ccccc3c(=O)n2N=Cc2cc(Br)c(OCC(=O)Nc3ccc(C)cc3)c(OC)c2)cc1C(C)C. The molecule has 0 atom stereocenters. The van der Waals surface area contributed by atoms with Gasteiger partial charge in [-0.2, -0.15) is 9.78 Å². The number of amides is 1. The number of aryl methyl sites for hydroxylation is 2. The van der Waals surface area contributed by atoms with Gasteiger partial charge in [0, 0.05) is 11.3 Å². The van der Waals surface area contributed by atoms with Gasteiger partial charge in [0.1, 0.15) is 5.75 Å². The third-order valence-electron chi connectivity index (χ3n) is 7.53. The van der Waals surface area contributed by atoms with Gasteiger partial charge in [-0.3, -0.25) is 9.59 Å². The summed E-state index contributed by atoms with van der Waals surface area (Å²) in [5, 5.41) is 7.92. The maximum absolute atomic E-state index is 13.9. The minimum absolute atomic E-state index is 0.180. The van der Waals surface area contributed by atoms with Gasteiger partial charge >= 0.3 is 0 Å². The number of carbonyl (C=O) groups is 1. The maximum atomic E-state index is 13.9. The zero-order valence-electron chi connectivity index (χ0n) is 27.3. The Kier molecular flexibility index (Phi) is 10.4. The third-order valence-corrected chi connectivity index (χ3v) is 8.12. The van der Waals surface area contributed by atoms with Crippen LogP contribution in [0, 0.1) is 13.8 Å². The summed E-state index contributed by atoms with van der Waals surface area (Å²) in [6.07, 6.45) is 1.57. The maximum Gasteiger partial charge on any atom is 0.282 e. The number of fused-ring (bicyclic) bond motifs is 1. The highest BCUT2D eigenvalue weighted by Gasteiger charge is 2.19. The molecule has 47 heavy (non-hydrogen) atoms. The van der Waals surface area contributed by atoms with Crippen molar-refractivity contribution in [3.8, 4) is 28.6 Å². The van der Waals surface area contributed by atoms with Crippen LogP contribution >= 0.6 is 15.9 Å². The Bertz CT molecular complexity index is 2020. The van der Waals surface area contributed by atoms with E-state index in [9.17, 15) is 9.59 Å². The van der Waals surface area contributed by atoms with Gasteiger partial charge in [-0.25, -0.2) is 4.98 Å². The smallest absolute Gasteiger partial charge is 0.282 e. The number of anilines is 1. The molecule has 0 unspecified atom stereocenters. The number of rotatable bonds is 11. The number of hydrogen-bond donors (Lipinski definition) is 1. The second kappa shape index (κ2) is 14.6. The van der Waals surface area contributed by atoms with E-state index in [-0.39, 0.29) is 24.0 Å². The number of carbonyl (C=O) groups excluding carboxylic acids is 1. The Balaban J connectivity index is 1.50. The number of nitrogens with zero attached hydrogens (tertiary/aromatic N) is 3. The van der Waals surface area contributed by atoms with Crippen LogP contribution in [0.4, 0.5) is 5.69 Å². The molecular formula is C37H37BrN4O5. The zero-order chi connectivity index (χ0) is 33.7. The van der Waals surface area contributed by atoms with E-state index in [1.165, 1.54) is 11.8 Å². The van der Waals surface area contributed by atoms with Crippen molar-refractivity contribution in [2.75, 3.05) is 25.6 Å². The molecule has 242 valence electrons. The van der Waals surface area contributed by atoms with E-state index in [1.54, 1.807) is 30.5 Å². The number of methoxy groups -OCH3 is 1. The minimum atomic E-state index is -0.311. The minimum Gasteiger partial charge on any atom is -0.494 e. The van der Waals surface area contributed by atoms with Gasteiger partial charge in [-0.1, -0.05) is 43.7 Å². The summed E-state index contributed by atoms with van der Waals surface area (Å²) in [5.41, 5.74) is 5.39. The monoisotopic (exact) mass is 696 g/mol. The van der Waals surface area contributed by atoms with Crippen LogP contribution in [0.25, 0.3) is 22.3 Å². The summed E-state index contributed by atoms with van der Waals surface area (Å²) in [5.74, 6) is 1.85. The summed E-state index contributed by atoms with van der Waals surface area (Å²) in [7, 11) is 1.51. The Morgan fingerprint density at radius 3 is 2.47 bits per heavy atom. The molecule has 0 aliphatic heterocycles. The van der Waals surface area contributed by atoms with Crippen molar-refractivity contribution in [2.45, 2.75) is 40.5 Å². The Morgan fingerprint density at radius 1 is 1.02 bits per heavy atom. The summed E-state index contributed by atoms with van der Waals surface area (Å²) in [4.78, 5) is 31.3. The predicted molar refractivity (Wildman–Crippen MR) is 190 cm³/mol. The fourth-order valence-electron chi connectivity index (χ4n) is 5.13. The van der Waals surface area contributed by atoms with E-state index in [1.807, 2.05) is 69.3 Å². The number of halogens is 1. The third kappa shape index (κ3) is 7.55. The molecule has 10 heteroatoms. The summed E-state index contributed by atoms with van der Waals surface area (Å²) in [6.45, 7) is 10.4. The fraction of sp³-hybridized carbons (Fsp3) is 0.243. The number of ether oxygens (including phenoxy) is 3. The van der Waals surface area contributed by atoms with Crippen LogP contribution in [0.5, 0.6) is 17.2 Å². The van der Waals surface area contributed by atoms with Crippen LogP contribution in [-0.4, -0.2) is 42.1 Å². The lowest BCUT2D eigenvalue weighted by molar-refractivity contribution is -0.118. The highest BCUT2D eigenvalue weighted by Crippen LogP contribution is 2.37. The van der Waals surface area contributed by atoms with Crippen LogP contribution < -0.4 is 25.1 Å². The first-order valence-electron chi connectivity index (χ1n) is 15.3. The van der Waals surface area contributed by atoms with Crippen LogP contribution in [0.15, 0.2) is 87.2 Å². The van der Waals surface area contributed by atoms with Crippen molar-refractivity contribution in [3.63, 3.8) is 0 Å². The molecule has 0 radical (unpaired) electrons. The first kappa shape index (κ1) is 33.4. The van der Waals surface area contributed by atoms with Crippen LogP contribution in [0.1, 0.15) is 48.9 Å². The lowest BCUT2D eigenvalue weighted by Gasteiger charge is -2.18. The van der Waals surface area contributed by atoms with E-state index >= 15 is 0 Å². The number of hydrogen-bond acceptors (Lipinski definition) is 7. The Morgan fingerprint density at radius 2 is 1.77 bits per heavy atom. The van der Waals surface area contributed by atoms with Gasteiger partial charge in [0.2, 0.25) is 0 Å². The molecule has 1 aromatic heterocycles. The molecule has 0 bridgehead atoms. The van der Waals surface area contributed by atoms with E-state index < -0.39 is 0 Å². The quantitative estimate of drug-likeness (QED) is 0.141. The topological polar surface area (TPSA) is 104 Å². The molecular weight excluding hydrogens is 660 g/mol. The molecule has 1 N–H and O–H groups in total. The van der Waals surface area contributed by atoms with Gasteiger partial charge in [-0.15, -0.1) is 0 Å². The van der Waals surface area contributed by atoms with Gasteiger partial charge in [-0.05, 0) is 108 Å². The highest BCUT2D eigenvalue weighted by atomic mass is 79.9. The number of nitrogens with one attached hydrogen (secondary N) is 1. The average Bonchev–Trinajstić information content (AvgIpc) is 3.04. The summed E-state index contributed by atoms with van der Waals surface area (Å²) >= 11 is 3.55. The molecule has 0 saturated carbocycles. The Hall–Kier alpha value is -4.96. The van der Waals surface area contributed by atoms with Crippen molar-refractivity contribution in [1.82, 2.24) is 9.66 Å². The average molecular weight is 698 g/mol. The first-order valence-corrected chi connectivity index (χ1v) is 16.1. The highest BCUT2D eigenvalue weighted by molar-refractivity contribution is 9.10. The van der Waals surface area contributed by atoms with Crippen molar-refractivity contribution < 1.29 is 19.0 Å². The molecule has 1 heterocycles. The lowest BCUT2D eigenvalue weighted by atomic mass is 9.96. The summed E-state index contributed by atoms with van der Waals surface area (Å²) in [6, 6.07) is 22.3. The van der Waals surface area contributed by atoms with Crippen molar-refractivity contribution >= 4 is 44.6 Å². The van der Waals surface area contributed by atoms with Crippen LogP contribution in [-0.2, 0) is 4.79 Å². The van der Waals surface area contributed by atoms with Crippen LogP contribution in [0.3, 0.4) is 0 Å². The number of benzene rings is 4. The predicted octanol–water partition coefficient (Wildman–Crippen LogP) is 7.87. The lowest BCUT2D eigenvalue weighted by Crippen LogP contribution is -2.21. The molecule has 1 amide bonds.